The van der Waals surface area contributed by atoms with E-state index in [1.807, 2.05) is 6.07 Å². The second-order valence-electron chi connectivity index (χ2n) is 3.93. The molecule has 0 saturated carbocycles. The minimum absolute atomic E-state index is 0.166. The number of nitrogens with two attached hydrogens (primary N) is 1. The van der Waals surface area contributed by atoms with Gasteiger partial charge < -0.3 is 5.73 Å². The molecule has 0 aromatic heterocycles. The molecule has 2 rings (SSSR count). The zero-order valence-corrected chi connectivity index (χ0v) is 11.0. The molecule has 1 aliphatic rings. The SMILES string of the molecule is C[C@H]1S/C(=C(\C#N)C(N)=O)N(c2ccccc2)C1=O. The quantitative estimate of drug-likeness (QED) is 0.651. The highest BCUT2D eigenvalue weighted by molar-refractivity contribution is 8.05. The van der Waals surface area contributed by atoms with Gasteiger partial charge in [0, 0.05) is 5.69 Å². The van der Waals surface area contributed by atoms with Gasteiger partial charge in [-0.1, -0.05) is 30.0 Å². The van der Waals surface area contributed by atoms with E-state index in [4.69, 9.17) is 11.0 Å². The Hall–Kier alpha value is -2.26. The van der Waals surface area contributed by atoms with Crippen molar-refractivity contribution in [3.05, 3.63) is 40.9 Å². The van der Waals surface area contributed by atoms with E-state index in [2.05, 4.69) is 0 Å². The van der Waals surface area contributed by atoms with Gasteiger partial charge in [0.15, 0.2) is 0 Å². The summed E-state index contributed by atoms with van der Waals surface area (Å²) in [5, 5.41) is 8.99. The molecule has 0 unspecified atom stereocenters. The van der Waals surface area contributed by atoms with Crippen molar-refractivity contribution < 1.29 is 9.59 Å². The van der Waals surface area contributed by atoms with E-state index in [0.717, 1.165) is 0 Å². The highest BCUT2D eigenvalue weighted by Gasteiger charge is 2.37. The normalized spacial score (nSPS) is 21.2. The Morgan fingerprint density at radius 3 is 2.58 bits per heavy atom. The van der Waals surface area contributed by atoms with Crippen LogP contribution in [0.15, 0.2) is 40.9 Å². The van der Waals surface area contributed by atoms with Crippen LogP contribution in [0.4, 0.5) is 5.69 Å². The van der Waals surface area contributed by atoms with Crippen LogP contribution in [0.1, 0.15) is 6.92 Å². The number of nitriles is 1. The fourth-order valence-corrected chi connectivity index (χ4v) is 2.86. The van der Waals surface area contributed by atoms with Gasteiger partial charge in [-0.2, -0.15) is 5.26 Å². The molecule has 1 atom stereocenters. The Labute approximate surface area is 114 Å². The molecule has 5 nitrogen and oxygen atoms in total. The van der Waals surface area contributed by atoms with Crippen LogP contribution in [0, 0.1) is 11.3 Å². The van der Waals surface area contributed by atoms with Crippen molar-refractivity contribution >= 4 is 29.3 Å². The van der Waals surface area contributed by atoms with Crippen LogP contribution in [-0.2, 0) is 9.59 Å². The Morgan fingerprint density at radius 2 is 2.05 bits per heavy atom. The number of para-hydroxylation sites is 1. The fraction of sp³-hybridized carbons (Fsp3) is 0.154. The summed E-state index contributed by atoms with van der Waals surface area (Å²) < 4.78 is 0. The van der Waals surface area contributed by atoms with E-state index >= 15 is 0 Å². The third-order valence-corrected chi connectivity index (χ3v) is 3.81. The van der Waals surface area contributed by atoms with Crippen molar-refractivity contribution in [2.24, 2.45) is 5.73 Å². The monoisotopic (exact) mass is 273 g/mol. The van der Waals surface area contributed by atoms with Crippen molar-refractivity contribution in [2.45, 2.75) is 12.2 Å². The third-order valence-electron chi connectivity index (χ3n) is 2.65. The number of rotatable bonds is 2. The maximum Gasteiger partial charge on any atom is 0.262 e. The van der Waals surface area contributed by atoms with Gasteiger partial charge in [-0.3, -0.25) is 14.5 Å². The summed E-state index contributed by atoms with van der Waals surface area (Å²) in [6, 6.07) is 10.6. The summed E-state index contributed by atoms with van der Waals surface area (Å²) in [6.07, 6.45) is 0. The second-order valence-corrected chi connectivity index (χ2v) is 5.25. The number of carbonyl (C=O) groups is 2. The van der Waals surface area contributed by atoms with Crippen LogP contribution in [0.3, 0.4) is 0 Å². The molecule has 1 aromatic carbocycles. The lowest BCUT2D eigenvalue weighted by atomic mass is 10.2. The number of hydrogen-bond acceptors (Lipinski definition) is 4. The minimum atomic E-state index is -0.826. The van der Waals surface area contributed by atoms with E-state index in [0.29, 0.717) is 10.7 Å². The lowest BCUT2D eigenvalue weighted by Crippen LogP contribution is -2.29. The summed E-state index contributed by atoms with van der Waals surface area (Å²) in [6.45, 7) is 1.73. The van der Waals surface area contributed by atoms with Crippen LogP contribution in [0.25, 0.3) is 0 Å². The van der Waals surface area contributed by atoms with E-state index in [-0.39, 0.29) is 16.7 Å². The molecular formula is C13H11N3O2S. The number of benzene rings is 1. The maximum atomic E-state index is 12.2. The molecule has 0 aliphatic carbocycles. The topological polar surface area (TPSA) is 87.2 Å². The number of nitrogens with zero attached hydrogens (tertiary/aromatic N) is 2. The minimum Gasteiger partial charge on any atom is -0.365 e. The van der Waals surface area contributed by atoms with Gasteiger partial charge >= 0.3 is 0 Å². The first-order chi connectivity index (χ1) is 9.06. The Balaban J connectivity index is 2.58. The zero-order chi connectivity index (χ0) is 14.0. The van der Waals surface area contributed by atoms with E-state index in [1.54, 1.807) is 37.3 Å². The summed E-state index contributed by atoms with van der Waals surface area (Å²) in [5.74, 6) is -0.993. The van der Waals surface area contributed by atoms with Gasteiger partial charge in [-0.25, -0.2) is 0 Å². The predicted octanol–water partition coefficient (Wildman–Crippen LogP) is 1.38. The van der Waals surface area contributed by atoms with Gasteiger partial charge in [0.1, 0.15) is 16.7 Å². The zero-order valence-electron chi connectivity index (χ0n) is 10.2. The highest BCUT2D eigenvalue weighted by Crippen LogP contribution is 2.40. The maximum absolute atomic E-state index is 12.2. The van der Waals surface area contributed by atoms with Crippen LogP contribution < -0.4 is 10.6 Å². The van der Waals surface area contributed by atoms with Gasteiger partial charge in [0.2, 0.25) is 5.91 Å². The van der Waals surface area contributed by atoms with Crippen LogP contribution in [0.2, 0.25) is 0 Å². The predicted molar refractivity (Wildman–Crippen MR) is 72.8 cm³/mol. The first-order valence-corrected chi connectivity index (χ1v) is 6.44. The standard InChI is InChI=1S/C13H11N3O2S/c1-8-12(18)16(9-5-3-2-4-6-9)13(19-8)10(7-14)11(15)17/h2-6,8H,1H3,(H2,15,17)/b13-10+/t8-/m1/s1. The molecule has 2 N–H and O–H groups in total. The number of hydrogen-bond donors (Lipinski definition) is 1. The molecule has 1 saturated heterocycles. The average Bonchev–Trinajstić information content (AvgIpc) is 2.67. The smallest absolute Gasteiger partial charge is 0.262 e. The fourth-order valence-electron chi connectivity index (χ4n) is 1.75. The van der Waals surface area contributed by atoms with Crippen molar-refractivity contribution in [3.8, 4) is 6.07 Å². The van der Waals surface area contributed by atoms with Crippen molar-refractivity contribution in [2.75, 3.05) is 4.90 Å². The lowest BCUT2D eigenvalue weighted by molar-refractivity contribution is -0.116. The number of carbonyl (C=O) groups excluding carboxylic acids is 2. The van der Waals surface area contributed by atoms with Crippen LogP contribution in [-0.4, -0.2) is 17.1 Å². The molecular weight excluding hydrogens is 262 g/mol. The summed E-state index contributed by atoms with van der Waals surface area (Å²) in [4.78, 5) is 24.8. The Morgan fingerprint density at radius 1 is 1.42 bits per heavy atom. The molecule has 2 amide bonds. The van der Waals surface area contributed by atoms with Crippen LogP contribution in [0.5, 0.6) is 0 Å². The Bertz CT molecular complexity index is 604. The molecule has 1 fully saturated rings. The molecule has 0 bridgehead atoms. The van der Waals surface area contributed by atoms with Crippen molar-refractivity contribution in [3.63, 3.8) is 0 Å². The van der Waals surface area contributed by atoms with Gasteiger partial charge in [0.25, 0.3) is 5.91 Å². The average molecular weight is 273 g/mol. The van der Waals surface area contributed by atoms with Gasteiger partial charge in [-0.05, 0) is 19.1 Å². The first-order valence-electron chi connectivity index (χ1n) is 5.56. The summed E-state index contributed by atoms with van der Waals surface area (Å²) >= 11 is 1.17. The van der Waals surface area contributed by atoms with E-state index < -0.39 is 5.91 Å². The van der Waals surface area contributed by atoms with Crippen molar-refractivity contribution in [1.82, 2.24) is 0 Å². The molecule has 1 aliphatic heterocycles. The Kier molecular flexibility index (Phi) is 3.58. The van der Waals surface area contributed by atoms with E-state index in [9.17, 15) is 9.59 Å². The van der Waals surface area contributed by atoms with Gasteiger partial charge in [0.05, 0.1) is 5.25 Å². The number of anilines is 1. The number of amides is 2. The van der Waals surface area contributed by atoms with Crippen molar-refractivity contribution in [1.29, 1.82) is 5.26 Å². The molecule has 0 radical (unpaired) electrons. The van der Waals surface area contributed by atoms with E-state index in [1.165, 1.54) is 16.7 Å². The summed E-state index contributed by atoms with van der Waals surface area (Å²) in [7, 11) is 0. The van der Waals surface area contributed by atoms with Crippen LogP contribution >= 0.6 is 11.8 Å². The molecule has 96 valence electrons. The molecule has 0 spiro atoms. The number of primary amides is 1. The molecule has 6 heteroatoms. The summed E-state index contributed by atoms with van der Waals surface area (Å²) in [5.41, 5.74) is 5.62. The lowest BCUT2D eigenvalue weighted by Gasteiger charge is -2.17. The second kappa shape index (κ2) is 5.16. The van der Waals surface area contributed by atoms with Gasteiger partial charge in [-0.15, -0.1) is 0 Å². The molecule has 19 heavy (non-hydrogen) atoms. The third kappa shape index (κ3) is 2.33. The highest BCUT2D eigenvalue weighted by atomic mass is 32.2. The molecule has 1 heterocycles. The molecule has 1 aromatic rings. The number of thioether (sulfide) groups is 1. The first kappa shape index (κ1) is 13.2. The largest absolute Gasteiger partial charge is 0.365 e.